The van der Waals surface area contributed by atoms with Crippen LogP contribution in [0.4, 0.5) is 0 Å². The van der Waals surface area contributed by atoms with Gasteiger partial charge in [-0.15, -0.1) is 0 Å². The SMILES string of the molecule is COc1ccc2c(c1)C(=O)CC1(CCN(C(=O)c3ccc(C)o3)C1)O2. The number of nitrogens with zero attached hydrogens (tertiary/aromatic N) is 1. The molecule has 0 aliphatic carbocycles. The van der Waals surface area contributed by atoms with Crippen LogP contribution >= 0.6 is 0 Å². The first-order valence-corrected chi connectivity index (χ1v) is 8.26. The molecule has 6 heteroatoms. The van der Waals surface area contributed by atoms with Gasteiger partial charge in [-0.1, -0.05) is 0 Å². The van der Waals surface area contributed by atoms with Crippen LogP contribution in [0, 0.1) is 6.92 Å². The van der Waals surface area contributed by atoms with Gasteiger partial charge in [-0.05, 0) is 37.3 Å². The maximum absolute atomic E-state index is 12.6. The molecule has 0 N–H and O–H groups in total. The number of hydrogen-bond acceptors (Lipinski definition) is 5. The lowest BCUT2D eigenvalue weighted by Gasteiger charge is -2.34. The number of methoxy groups -OCH3 is 1. The molecule has 1 fully saturated rings. The Balaban J connectivity index is 1.56. The smallest absolute Gasteiger partial charge is 0.289 e. The van der Waals surface area contributed by atoms with Crippen LogP contribution < -0.4 is 9.47 Å². The van der Waals surface area contributed by atoms with E-state index >= 15 is 0 Å². The largest absolute Gasteiger partial charge is 0.497 e. The molecule has 0 saturated carbocycles. The van der Waals surface area contributed by atoms with E-state index in [2.05, 4.69) is 0 Å². The molecule has 1 atom stereocenters. The zero-order chi connectivity index (χ0) is 17.6. The Hall–Kier alpha value is -2.76. The summed E-state index contributed by atoms with van der Waals surface area (Å²) in [5.74, 6) is 2.05. The molecule has 1 unspecified atom stereocenters. The summed E-state index contributed by atoms with van der Waals surface area (Å²) >= 11 is 0. The predicted molar refractivity (Wildman–Crippen MR) is 89.3 cm³/mol. The van der Waals surface area contributed by atoms with Crippen LogP contribution in [-0.2, 0) is 0 Å². The molecule has 1 amide bonds. The monoisotopic (exact) mass is 341 g/mol. The lowest BCUT2D eigenvalue weighted by molar-refractivity contribution is 0.0420. The normalized spacial score (nSPS) is 22.0. The van der Waals surface area contributed by atoms with E-state index in [4.69, 9.17) is 13.9 Å². The zero-order valence-electron chi connectivity index (χ0n) is 14.2. The number of ketones is 1. The van der Waals surface area contributed by atoms with Crippen LogP contribution in [0.5, 0.6) is 11.5 Å². The first kappa shape index (κ1) is 15.7. The Bertz CT molecular complexity index is 855. The van der Waals surface area contributed by atoms with Gasteiger partial charge in [-0.2, -0.15) is 0 Å². The van der Waals surface area contributed by atoms with Crippen LogP contribution in [0.3, 0.4) is 0 Å². The van der Waals surface area contributed by atoms with E-state index < -0.39 is 5.60 Å². The Kier molecular flexibility index (Phi) is 3.56. The molecule has 3 heterocycles. The third-order valence-corrected chi connectivity index (χ3v) is 4.85. The lowest BCUT2D eigenvalue weighted by Crippen LogP contribution is -2.45. The number of furan rings is 1. The van der Waals surface area contributed by atoms with Gasteiger partial charge in [0.25, 0.3) is 5.91 Å². The molecule has 25 heavy (non-hydrogen) atoms. The summed E-state index contributed by atoms with van der Waals surface area (Å²) in [7, 11) is 1.56. The fourth-order valence-electron chi connectivity index (χ4n) is 3.55. The average molecular weight is 341 g/mol. The molecule has 0 radical (unpaired) electrons. The second-order valence-electron chi connectivity index (χ2n) is 6.63. The van der Waals surface area contributed by atoms with Gasteiger partial charge in [0.2, 0.25) is 0 Å². The quantitative estimate of drug-likeness (QED) is 0.840. The highest BCUT2D eigenvalue weighted by Gasteiger charge is 2.47. The van der Waals surface area contributed by atoms with Crippen molar-refractivity contribution in [3.05, 3.63) is 47.4 Å². The Labute approximate surface area is 145 Å². The molecule has 6 nitrogen and oxygen atoms in total. The molecular formula is C19H19NO5. The van der Waals surface area contributed by atoms with Gasteiger partial charge >= 0.3 is 0 Å². The second-order valence-corrected chi connectivity index (χ2v) is 6.63. The summed E-state index contributed by atoms with van der Waals surface area (Å²) in [6.45, 7) is 2.72. The molecule has 4 rings (SSSR count). The molecule has 130 valence electrons. The van der Waals surface area contributed by atoms with Gasteiger partial charge < -0.3 is 18.8 Å². The molecule has 1 saturated heterocycles. The van der Waals surface area contributed by atoms with Gasteiger partial charge in [0.1, 0.15) is 22.9 Å². The van der Waals surface area contributed by atoms with Crippen molar-refractivity contribution in [2.75, 3.05) is 20.2 Å². The number of aryl methyl sites for hydroxylation is 1. The lowest BCUT2D eigenvalue weighted by atomic mass is 9.89. The number of fused-ring (bicyclic) bond motifs is 1. The molecule has 1 aromatic heterocycles. The number of benzene rings is 1. The fraction of sp³-hybridized carbons (Fsp3) is 0.368. The average Bonchev–Trinajstić information content (AvgIpc) is 3.21. The standard InChI is InChI=1S/C19H19NO5/c1-12-3-5-17(24-12)18(22)20-8-7-19(11-20)10-15(21)14-9-13(23-2)4-6-16(14)25-19/h3-6,9H,7-8,10-11H2,1-2H3. The summed E-state index contributed by atoms with van der Waals surface area (Å²) in [6, 6.07) is 8.68. The predicted octanol–water partition coefficient (Wildman–Crippen LogP) is 2.85. The highest BCUT2D eigenvalue weighted by atomic mass is 16.5. The van der Waals surface area contributed by atoms with Crippen molar-refractivity contribution in [2.24, 2.45) is 0 Å². The Morgan fingerprint density at radius 2 is 2.12 bits per heavy atom. The Morgan fingerprint density at radius 3 is 2.84 bits per heavy atom. The van der Waals surface area contributed by atoms with E-state index in [9.17, 15) is 9.59 Å². The third kappa shape index (κ3) is 2.67. The van der Waals surface area contributed by atoms with Crippen molar-refractivity contribution >= 4 is 11.7 Å². The van der Waals surface area contributed by atoms with E-state index in [0.717, 1.165) is 0 Å². The summed E-state index contributed by atoms with van der Waals surface area (Å²) in [5.41, 5.74) is -0.118. The first-order chi connectivity index (χ1) is 12.0. The number of carbonyl (C=O) groups excluding carboxylic acids is 2. The minimum atomic E-state index is -0.657. The summed E-state index contributed by atoms with van der Waals surface area (Å²) < 4.78 is 16.8. The van der Waals surface area contributed by atoms with Gasteiger partial charge in [-0.25, -0.2) is 0 Å². The minimum Gasteiger partial charge on any atom is -0.497 e. The van der Waals surface area contributed by atoms with Crippen LogP contribution in [-0.4, -0.2) is 42.4 Å². The van der Waals surface area contributed by atoms with Gasteiger partial charge in [0, 0.05) is 13.0 Å². The van der Waals surface area contributed by atoms with Crippen molar-refractivity contribution in [1.82, 2.24) is 4.90 Å². The molecule has 1 spiro atoms. The molecule has 1 aromatic carbocycles. The van der Waals surface area contributed by atoms with Crippen molar-refractivity contribution in [1.29, 1.82) is 0 Å². The first-order valence-electron chi connectivity index (χ1n) is 8.26. The molecule has 2 aliphatic heterocycles. The topological polar surface area (TPSA) is 69.0 Å². The summed E-state index contributed by atoms with van der Waals surface area (Å²) in [5, 5.41) is 0. The molecule has 2 aliphatic rings. The van der Waals surface area contributed by atoms with Gasteiger partial charge in [-0.3, -0.25) is 9.59 Å². The maximum atomic E-state index is 12.6. The van der Waals surface area contributed by atoms with E-state index in [1.54, 1.807) is 49.3 Å². The fourth-order valence-corrected chi connectivity index (χ4v) is 3.55. The van der Waals surface area contributed by atoms with Crippen molar-refractivity contribution in [3.8, 4) is 11.5 Å². The molecular weight excluding hydrogens is 322 g/mol. The number of amides is 1. The maximum Gasteiger partial charge on any atom is 0.289 e. The van der Waals surface area contributed by atoms with Crippen LogP contribution in [0.1, 0.15) is 39.5 Å². The number of carbonyl (C=O) groups is 2. The van der Waals surface area contributed by atoms with Crippen molar-refractivity contribution in [2.45, 2.75) is 25.4 Å². The highest BCUT2D eigenvalue weighted by Crippen LogP contribution is 2.40. The van der Waals surface area contributed by atoms with Crippen LogP contribution in [0.25, 0.3) is 0 Å². The second kappa shape index (κ2) is 5.65. The van der Waals surface area contributed by atoms with Crippen molar-refractivity contribution in [3.63, 3.8) is 0 Å². The van der Waals surface area contributed by atoms with Gasteiger partial charge in [0.05, 0.1) is 25.6 Å². The Morgan fingerprint density at radius 1 is 1.28 bits per heavy atom. The highest BCUT2D eigenvalue weighted by molar-refractivity contribution is 6.01. The van der Waals surface area contributed by atoms with E-state index in [1.807, 2.05) is 0 Å². The van der Waals surface area contributed by atoms with E-state index in [1.165, 1.54) is 0 Å². The number of ether oxygens (including phenoxy) is 2. The molecule has 2 aromatic rings. The van der Waals surface area contributed by atoms with Gasteiger partial charge in [0.15, 0.2) is 11.5 Å². The summed E-state index contributed by atoms with van der Waals surface area (Å²) in [4.78, 5) is 26.9. The third-order valence-electron chi connectivity index (χ3n) is 4.85. The summed E-state index contributed by atoms with van der Waals surface area (Å²) in [6.07, 6.45) is 0.879. The van der Waals surface area contributed by atoms with Crippen molar-refractivity contribution < 1.29 is 23.5 Å². The van der Waals surface area contributed by atoms with E-state index in [0.29, 0.717) is 48.1 Å². The number of Topliss-reactive ketones (excluding diaryl/α,β-unsaturated/α-hetero) is 1. The number of rotatable bonds is 2. The number of hydrogen-bond donors (Lipinski definition) is 0. The number of likely N-dealkylation sites (tertiary alicyclic amines) is 1. The minimum absolute atomic E-state index is 0.0169. The zero-order valence-corrected chi connectivity index (χ0v) is 14.2. The van der Waals surface area contributed by atoms with Crippen LogP contribution in [0.15, 0.2) is 34.7 Å². The van der Waals surface area contributed by atoms with Crippen LogP contribution in [0.2, 0.25) is 0 Å². The van der Waals surface area contributed by atoms with E-state index in [-0.39, 0.29) is 18.1 Å². The molecule has 0 bridgehead atoms.